The summed E-state index contributed by atoms with van der Waals surface area (Å²) in [5.74, 6) is -0.506. The Bertz CT molecular complexity index is 491. The van der Waals surface area contributed by atoms with E-state index < -0.39 is 12.8 Å². The number of esters is 1. The SMILES string of the molecule is CCCCCCCCN1C=CN(C)C1.O=C(OCO)c1ccccc1. The maximum absolute atomic E-state index is 10.9. The van der Waals surface area contributed by atoms with Gasteiger partial charge in [-0.1, -0.05) is 57.2 Å². The highest BCUT2D eigenvalue weighted by Crippen LogP contribution is 2.08. The fourth-order valence-corrected chi connectivity index (χ4v) is 2.55. The molecule has 0 atom stereocenters. The number of benzene rings is 1. The van der Waals surface area contributed by atoms with Gasteiger partial charge in [0, 0.05) is 26.0 Å². The van der Waals surface area contributed by atoms with Gasteiger partial charge in [0.15, 0.2) is 6.79 Å². The summed E-state index contributed by atoms with van der Waals surface area (Å²) in [4.78, 5) is 15.5. The normalized spacial score (nSPS) is 12.8. The molecule has 0 aliphatic carbocycles. The zero-order valence-corrected chi connectivity index (χ0v) is 15.6. The van der Waals surface area contributed by atoms with Crippen molar-refractivity contribution in [3.05, 3.63) is 48.3 Å². The maximum atomic E-state index is 10.9. The Labute approximate surface area is 151 Å². The lowest BCUT2D eigenvalue weighted by atomic mass is 10.1. The number of rotatable bonds is 9. The number of aliphatic hydroxyl groups excluding tert-OH is 1. The number of ether oxygens (including phenoxy) is 1. The molecule has 0 spiro atoms. The Morgan fingerprint density at radius 3 is 2.36 bits per heavy atom. The topological polar surface area (TPSA) is 53.0 Å². The first-order valence-electron chi connectivity index (χ1n) is 9.13. The van der Waals surface area contributed by atoms with Crippen molar-refractivity contribution in [2.24, 2.45) is 0 Å². The largest absolute Gasteiger partial charge is 0.435 e. The molecule has 0 amide bonds. The van der Waals surface area contributed by atoms with Gasteiger partial charge in [0.05, 0.1) is 12.2 Å². The third-order valence-corrected chi connectivity index (χ3v) is 3.94. The minimum Gasteiger partial charge on any atom is -0.435 e. The lowest BCUT2D eigenvalue weighted by Crippen LogP contribution is -2.23. The number of unbranched alkanes of at least 4 members (excludes halogenated alkanes) is 5. The second kappa shape index (κ2) is 13.3. The van der Waals surface area contributed by atoms with Crippen molar-refractivity contribution < 1.29 is 14.6 Å². The highest BCUT2D eigenvalue weighted by molar-refractivity contribution is 5.89. The van der Waals surface area contributed by atoms with Crippen molar-refractivity contribution in [2.75, 3.05) is 27.1 Å². The van der Waals surface area contributed by atoms with E-state index in [4.69, 9.17) is 5.11 Å². The first-order valence-corrected chi connectivity index (χ1v) is 9.13. The van der Waals surface area contributed by atoms with Gasteiger partial charge in [0.1, 0.15) is 0 Å². The summed E-state index contributed by atoms with van der Waals surface area (Å²) < 4.78 is 4.34. The molecule has 0 bridgehead atoms. The Hall–Kier alpha value is -2.01. The fraction of sp³-hybridized carbons (Fsp3) is 0.550. The van der Waals surface area contributed by atoms with Crippen LogP contribution >= 0.6 is 0 Å². The van der Waals surface area contributed by atoms with Crippen LogP contribution in [-0.2, 0) is 4.74 Å². The standard InChI is InChI=1S/C12H24N2.C8H8O3/c1-3-4-5-6-7-8-9-14-11-10-13(2)12-14;9-6-11-8(10)7-4-2-1-3-5-7/h10-11H,3-9,12H2,1-2H3;1-5,9H,6H2. The maximum Gasteiger partial charge on any atom is 0.340 e. The van der Waals surface area contributed by atoms with Crippen LogP contribution in [0.15, 0.2) is 42.7 Å². The molecule has 0 aromatic heterocycles. The molecule has 1 aliphatic rings. The molecule has 1 aliphatic heterocycles. The number of hydrogen-bond donors (Lipinski definition) is 1. The van der Waals surface area contributed by atoms with Crippen LogP contribution in [0.1, 0.15) is 55.8 Å². The van der Waals surface area contributed by atoms with Crippen molar-refractivity contribution in [3.63, 3.8) is 0 Å². The van der Waals surface area contributed by atoms with E-state index in [0.717, 1.165) is 6.67 Å². The van der Waals surface area contributed by atoms with Crippen LogP contribution in [0.5, 0.6) is 0 Å². The van der Waals surface area contributed by atoms with E-state index >= 15 is 0 Å². The second-order valence-corrected chi connectivity index (χ2v) is 6.20. The van der Waals surface area contributed by atoms with Crippen LogP contribution in [-0.4, -0.2) is 47.9 Å². The van der Waals surface area contributed by atoms with Crippen LogP contribution in [0.2, 0.25) is 0 Å². The van der Waals surface area contributed by atoms with Crippen LogP contribution in [0, 0.1) is 0 Å². The van der Waals surface area contributed by atoms with Crippen LogP contribution in [0.4, 0.5) is 0 Å². The molecule has 140 valence electrons. The Balaban J connectivity index is 0.000000257. The van der Waals surface area contributed by atoms with E-state index in [1.165, 1.54) is 45.1 Å². The van der Waals surface area contributed by atoms with Crippen molar-refractivity contribution in [2.45, 2.75) is 45.4 Å². The molecule has 5 nitrogen and oxygen atoms in total. The molecule has 1 N–H and O–H groups in total. The van der Waals surface area contributed by atoms with Gasteiger partial charge in [-0.15, -0.1) is 0 Å². The average molecular weight is 348 g/mol. The van der Waals surface area contributed by atoms with Crippen molar-refractivity contribution >= 4 is 5.97 Å². The monoisotopic (exact) mass is 348 g/mol. The molecular formula is C20H32N2O3. The van der Waals surface area contributed by atoms with E-state index in [0.29, 0.717) is 5.56 Å². The van der Waals surface area contributed by atoms with E-state index in [9.17, 15) is 4.79 Å². The van der Waals surface area contributed by atoms with Crippen molar-refractivity contribution in [3.8, 4) is 0 Å². The minimum atomic E-state index is -0.576. The van der Waals surface area contributed by atoms with Gasteiger partial charge in [-0.3, -0.25) is 0 Å². The summed E-state index contributed by atoms with van der Waals surface area (Å²) in [5, 5.41) is 8.25. The molecule has 0 fully saturated rings. The van der Waals surface area contributed by atoms with Gasteiger partial charge in [0.2, 0.25) is 0 Å². The van der Waals surface area contributed by atoms with Crippen molar-refractivity contribution in [1.82, 2.24) is 9.80 Å². The first kappa shape index (κ1) is 21.0. The van der Waals surface area contributed by atoms with Gasteiger partial charge in [-0.25, -0.2) is 4.79 Å². The molecule has 0 radical (unpaired) electrons. The minimum absolute atomic E-state index is 0.446. The molecule has 5 heteroatoms. The van der Waals surface area contributed by atoms with Gasteiger partial charge >= 0.3 is 5.97 Å². The molecule has 1 aromatic carbocycles. The van der Waals surface area contributed by atoms with E-state index in [1.54, 1.807) is 30.3 Å². The molecule has 2 rings (SSSR count). The molecule has 1 heterocycles. The Kier molecular flexibility index (Phi) is 11.2. The van der Waals surface area contributed by atoms with E-state index in [-0.39, 0.29) is 0 Å². The fourth-order valence-electron chi connectivity index (χ4n) is 2.55. The summed E-state index contributed by atoms with van der Waals surface area (Å²) >= 11 is 0. The summed E-state index contributed by atoms with van der Waals surface area (Å²) in [7, 11) is 2.12. The van der Waals surface area contributed by atoms with E-state index in [1.807, 2.05) is 0 Å². The third kappa shape index (κ3) is 9.77. The summed E-state index contributed by atoms with van der Waals surface area (Å²) in [6.45, 7) is 4.00. The average Bonchev–Trinajstić information content (AvgIpc) is 3.05. The smallest absolute Gasteiger partial charge is 0.340 e. The number of carbonyl (C=O) groups is 1. The molecule has 0 saturated heterocycles. The Morgan fingerprint density at radius 1 is 1.08 bits per heavy atom. The second-order valence-electron chi connectivity index (χ2n) is 6.20. The zero-order valence-electron chi connectivity index (χ0n) is 15.6. The summed E-state index contributed by atoms with van der Waals surface area (Å²) in [5.41, 5.74) is 0.446. The molecular weight excluding hydrogens is 316 g/mol. The van der Waals surface area contributed by atoms with Crippen LogP contribution in [0.25, 0.3) is 0 Å². The highest BCUT2D eigenvalue weighted by atomic mass is 16.6. The first-order chi connectivity index (χ1) is 12.2. The predicted molar refractivity (Wildman–Crippen MR) is 101 cm³/mol. The molecule has 0 unspecified atom stereocenters. The van der Waals surface area contributed by atoms with Crippen LogP contribution < -0.4 is 0 Å². The zero-order chi connectivity index (χ0) is 18.3. The number of nitrogens with zero attached hydrogens (tertiary/aromatic N) is 2. The highest BCUT2D eigenvalue weighted by Gasteiger charge is 2.06. The molecule has 1 aromatic rings. The predicted octanol–water partition coefficient (Wildman–Crippen LogP) is 3.82. The number of aliphatic hydroxyl groups is 1. The number of hydrogen-bond acceptors (Lipinski definition) is 5. The lowest BCUT2D eigenvalue weighted by molar-refractivity contribution is 0.00684. The molecule has 0 saturated carbocycles. The third-order valence-electron chi connectivity index (χ3n) is 3.94. The molecule has 25 heavy (non-hydrogen) atoms. The number of carbonyl (C=O) groups excluding carboxylic acids is 1. The summed E-state index contributed by atoms with van der Waals surface area (Å²) in [6.07, 6.45) is 12.7. The van der Waals surface area contributed by atoms with Crippen LogP contribution in [0.3, 0.4) is 0 Å². The van der Waals surface area contributed by atoms with Gasteiger partial charge < -0.3 is 19.6 Å². The lowest BCUT2D eigenvalue weighted by Gasteiger charge is -2.17. The summed E-state index contributed by atoms with van der Waals surface area (Å²) in [6, 6.07) is 8.51. The van der Waals surface area contributed by atoms with Gasteiger partial charge in [0.25, 0.3) is 0 Å². The van der Waals surface area contributed by atoms with Gasteiger partial charge in [-0.05, 0) is 18.6 Å². The van der Waals surface area contributed by atoms with Gasteiger partial charge in [-0.2, -0.15) is 0 Å². The van der Waals surface area contributed by atoms with E-state index in [2.05, 4.69) is 40.9 Å². The van der Waals surface area contributed by atoms with Crippen molar-refractivity contribution in [1.29, 1.82) is 0 Å². The quantitative estimate of drug-likeness (QED) is 0.418. The Morgan fingerprint density at radius 2 is 1.76 bits per heavy atom.